The van der Waals surface area contributed by atoms with Crippen molar-refractivity contribution in [3.05, 3.63) is 40.8 Å². The summed E-state index contributed by atoms with van der Waals surface area (Å²) in [5.74, 6) is 0.270. The number of amides is 2. The number of nitrogens with zero attached hydrogens (tertiary/aromatic N) is 1. The van der Waals surface area contributed by atoms with Gasteiger partial charge in [0.15, 0.2) is 0 Å². The van der Waals surface area contributed by atoms with Gasteiger partial charge in [-0.05, 0) is 54.7 Å². The Morgan fingerprint density at radius 1 is 1.06 bits per heavy atom. The lowest BCUT2D eigenvalue weighted by atomic mass is 9.92. The maximum atomic E-state index is 13.2. The largest absolute Gasteiger partial charge is 0.353 e. The molecule has 4 aliphatic rings. The number of nitrogens with one attached hydrogen (secondary N) is 3. The van der Waals surface area contributed by atoms with E-state index in [9.17, 15) is 9.59 Å². The fraction of sp³-hybridized carbons (Fsp3) is 0.630. The van der Waals surface area contributed by atoms with Crippen LogP contribution in [0.3, 0.4) is 0 Å². The molecule has 3 aliphatic heterocycles. The topological polar surface area (TPSA) is 73.5 Å². The van der Waals surface area contributed by atoms with E-state index < -0.39 is 0 Å². The van der Waals surface area contributed by atoms with E-state index in [0.29, 0.717) is 12.6 Å². The predicted molar refractivity (Wildman–Crippen MR) is 138 cm³/mol. The molecule has 4 atom stereocenters. The highest BCUT2D eigenvalue weighted by Crippen LogP contribution is 2.39. The predicted octanol–water partition coefficient (Wildman–Crippen LogP) is 3.76. The van der Waals surface area contributed by atoms with Crippen molar-refractivity contribution in [2.45, 2.75) is 88.3 Å². The number of fused-ring (bicyclic) bond motifs is 1. The Labute approximate surface area is 207 Å². The Kier molecular flexibility index (Phi) is 7.61. The molecule has 1 aliphatic carbocycles. The fourth-order valence-corrected chi connectivity index (χ4v) is 7.12. The molecule has 1 aromatic carbocycles. The molecule has 184 valence electrons. The van der Waals surface area contributed by atoms with Crippen LogP contribution in [0.15, 0.2) is 29.7 Å². The molecule has 34 heavy (non-hydrogen) atoms. The molecule has 3 N–H and O–H groups in total. The van der Waals surface area contributed by atoms with E-state index in [4.69, 9.17) is 0 Å². The van der Waals surface area contributed by atoms with Crippen molar-refractivity contribution in [2.24, 2.45) is 5.92 Å². The van der Waals surface area contributed by atoms with Gasteiger partial charge in [0.05, 0.1) is 12.0 Å². The average molecular weight is 483 g/mol. The van der Waals surface area contributed by atoms with Gasteiger partial charge in [0.2, 0.25) is 11.8 Å². The van der Waals surface area contributed by atoms with Crippen LogP contribution < -0.4 is 16.0 Å². The SMILES string of the molecule is Cc1ccccc1C1=CSC2C(=O)NC(N3CCCC(C(=O)NC4CCCCCCC4)C3)NC12. The zero-order valence-electron chi connectivity index (χ0n) is 20.2. The zero-order valence-corrected chi connectivity index (χ0v) is 21.0. The summed E-state index contributed by atoms with van der Waals surface area (Å²) in [7, 11) is 0. The van der Waals surface area contributed by atoms with Gasteiger partial charge < -0.3 is 10.6 Å². The van der Waals surface area contributed by atoms with Gasteiger partial charge in [0.25, 0.3) is 0 Å². The number of likely N-dealkylation sites (tertiary alicyclic amines) is 1. The first-order valence-electron chi connectivity index (χ1n) is 13.1. The van der Waals surface area contributed by atoms with Crippen LogP contribution in [-0.4, -0.2) is 53.4 Å². The second-order valence-electron chi connectivity index (χ2n) is 10.4. The highest BCUT2D eigenvalue weighted by Gasteiger charge is 2.44. The lowest BCUT2D eigenvalue weighted by Gasteiger charge is -2.43. The first-order chi connectivity index (χ1) is 16.6. The molecule has 0 aromatic heterocycles. The summed E-state index contributed by atoms with van der Waals surface area (Å²) in [5.41, 5.74) is 3.63. The second-order valence-corrected chi connectivity index (χ2v) is 11.4. The fourth-order valence-electron chi connectivity index (χ4n) is 5.98. The molecule has 2 amide bonds. The average Bonchev–Trinajstić information content (AvgIpc) is 3.25. The van der Waals surface area contributed by atoms with E-state index in [1.54, 1.807) is 11.8 Å². The Hall–Kier alpha value is -1.83. The maximum absolute atomic E-state index is 13.2. The van der Waals surface area contributed by atoms with Gasteiger partial charge >= 0.3 is 0 Å². The summed E-state index contributed by atoms with van der Waals surface area (Å²) in [6, 6.07) is 8.69. The van der Waals surface area contributed by atoms with Gasteiger partial charge in [-0.1, -0.05) is 56.4 Å². The quantitative estimate of drug-likeness (QED) is 0.609. The molecule has 7 heteroatoms. The van der Waals surface area contributed by atoms with Crippen LogP contribution in [0.25, 0.3) is 5.57 Å². The van der Waals surface area contributed by atoms with Crippen molar-refractivity contribution >= 4 is 29.1 Å². The standard InChI is InChI=1S/C27H38N4O2S/c1-18-10-7-8-14-21(18)22-17-34-24-23(22)29-27(30-26(24)33)31-15-9-11-19(16-31)25(32)28-20-12-5-3-2-4-6-13-20/h7-8,10,14,17,19-20,23-24,27,29H,2-6,9,11-13,15-16H2,1H3,(H,28,32)(H,30,33). The van der Waals surface area contributed by atoms with E-state index in [2.05, 4.69) is 57.4 Å². The third kappa shape index (κ3) is 5.21. The lowest BCUT2D eigenvalue weighted by molar-refractivity contribution is -0.129. The molecule has 3 heterocycles. The second kappa shape index (κ2) is 10.8. The Bertz CT molecular complexity index is 927. The van der Waals surface area contributed by atoms with Crippen molar-refractivity contribution in [3.8, 4) is 0 Å². The van der Waals surface area contributed by atoms with Crippen molar-refractivity contribution in [1.82, 2.24) is 20.9 Å². The van der Waals surface area contributed by atoms with Gasteiger partial charge in [0, 0.05) is 19.1 Å². The van der Waals surface area contributed by atoms with Crippen molar-refractivity contribution in [3.63, 3.8) is 0 Å². The Balaban J connectivity index is 1.23. The van der Waals surface area contributed by atoms with Crippen molar-refractivity contribution in [2.75, 3.05) is 13.1 Å². The summed E-state index contributed by atoms with van der Waals surface area (Å²) in [6.07, 6.45) is 10.2. The van der Waals surface area contributed by atoms with Crippen molar-refractivity contribution < 1.29 is 9.59 Å². The first kappa shape index (κ1) is 23.9. The van der Waals surface area contributed by atoms with Gasteiger partial charge in [-0.25, -0.2) is 0 Å². The summed E-state index contributed by atoms with van der Waals surface area (Å²) in [5, 5.41) is 12.3. The van der Waals surface area contributed by atoms with Crippen LogP contribution in [-0.2, 0) is 9.59 Å². The summed E-state index contributed by atoms with van der Waals surface area (Å²) >= 11 is 1.60. The minimum Gasteiger partial charge on any atom is -0.353 e. The molecule has 6 nitrogen and oxygen atoms in total. The molecule has 4 unspecified atom stereocenters. The van der Waals surface area contributed by atoms with E-state index in [-0.39, 0.29) is 35.3 Å². The monoisotopic (exact) mass is 482 g/mol. The molecule has 0 radical (unpaired) electrons. The normalized spacial score (nSPS) is 31.1. The number of aryl methyl sites for hydroxylation is 1. The molecule has 0 bridgehead atoms. The smallest absolute Gasteiger partial charge is 0.237 e. The minimum atomic E-state index is -0.239. The molecular formula is C27H38N4O2S. The third-order valence-corrected chi connectivity index (χ3v) is 9.12. The highest BCUT2D eigenvalue weighted by molar-refractivity contribution is 8.04. The highest BCUT2D eigenvalue weighted by atomic mass is 32.2. The number of thioether (sulfide) groups is 1. The van der Waals surface area contributed by atoms with E-state index in [1.165, 1.54) is 48.8 Å². The zero-order chi connectivity index (χ0) is 23.5. The summed E-state index contributed by atoms with van der Waals surface area (Å²) in [4.78, 5) is 28.4. The molecular weight excluding hydrogens is 444 g/mol. The minimum absolute atomic E-state index is 0.0139. The number of hydrogen-bond acceptors (Lipinski definition) is 5. The van der Waals surface area contributed by atoms with Crippen LogP contribution in [0.5, 0.6) is 0 Å². The van der Waals surface area contributed by atoms with E-state index in [1.807, 2.05) is 0 Å². The molecule has 5 rings (SSSR count). The van der Waals surface area contributed by atoms with Gasteiger partial charge in [-0.2, -0.15) is 0 Å². The van der Waals surface area contributed by atoms with Gasteiger partial charge in [0.1, 0.15) is 11.5 Å². The Morgan fingerprint density at radius 2 is 1.82 bits per heavy atom. The van der Waals surface area contributed by atoms with E-state index in [0.717, 1.165) is 32.2 Å². The van der Waals surface area contributed by atoms with Crippen LogP contribution in [0.2, 0.25) is 0 Å². The molecule has 1 saturated carbocycles. The van der Waals surface area contributed by atoms with Crippen LogP contribution in [0.1, 0.15) is 68.9 Å². The number of carbonyl (C=O) groups excluding carboxylic acids is 2. The maximum Gasteiger partial charge on any atom is 0.237 e. The van der Waals surface area contributed by atoms with Crippen LogP contribution in [0, 0.1) is 12.8 Å². The first-order valence-corrected chi connectivity index (χ1v) is 14.1. The van der Waals surface area contributed by atoms with Crippen LogP contribution in [0.4, 0.5) is 0 Å². The van der Waals surface area contributed by atoms with Crippen molar-refractivity contribution in [1.29, 1.82) is 0 Å². The lowest BCUT2D eigenvalue weighted by Crippen LogP contribution is -2.69. The number of rotatable bonds is 4. The summed E-state index contributed by atoms with van der Waals surface area (Å²) < 4.78 is 0. The molecule has 2 saturated heterocycles. The molecule has 3 fully saturated rings. The number of benzene rings is 1. The van der Waals surface area contributed by atoms with Gasteiger partial charge in [-0.3, -0.25) is 19.8 Å². The number of carbonyl (C=O) groups is 2. The molecule has 0 spiro atoms. The van der Waals surface area contributed by atoms with E-state index >= 15 is 0 Å². The number of piperidine rings is 1. The van der Waals surface area contributed by atoms with Gasteiger partial charge in [-0.15, -0.1) is 11.8 Å². The summed E-state index contributed by atoms with van der Waals surface area (Å²) in [6.45, 7) is 3.70. The van der Waals surface area contributed by atoms with Crippen LogP contribution >= 0.6 is 11.8 Å². The molecule has 1 aromatic rings. The number of hydrogen-bond donors (Lipinski definition) is 3. The third-order valence-electron chi connectivity index (χ3n) is 7.95. The Morgan fingerprint density at radius 3 is 2.62 bits per heavy atom.